The van der Waals surface area contributed by atoms with Gasteiger partial charge in [-0.1, -0.05) is 30.0 Å². The molecular formula is C10H12O2S. The number of rotatable bonds is 4. The fraction of sp³-hybridized carbons (Fsp3) is 0.300. The Bertz CT molecular complexity index is 297. The van der Waals surface area contributed by atoms with Gasteiger partial charge in [-0.25, -0.2) is 0 Å². The van der Waals surface area contributed by atoms with Crippen molar-refractivity contribution >= 4 is 17.5 Å². The third kappa shape index (κ3) is 2.86. The molecule has 1 rings (SSSR count). The smallest absolute Gasteiger partial charge is 0.160 e. The summed E-state index contributed by atoms with van der Waals surface area (Å²) in [6.45, 7) is 1.58. The maximum absolute atomic E-state index is 11.2. The molecule has 0 fully saturated rings. The van der Waals surface area contributed by atoms with Gasteiger partial charge in [-0.05, 0) is 13.0 Å². The Kier molecular flexibility index (Phi) is 3.99. The first-order valence-corrected chi connectivity index (χ1v) is 4.96. The van der Waals surface area contributed by atoms with E-state index in [2.05, 4.69) is 0 Å². The lowest BCUT2D eigenvalue weighted by Crippen LogP contribution is -1.95. The quantitative estimate of drug-likeness (QED) is 0.420. The fourth-order valence-electron chi connectivity index (χ4n) is 1.01. The monoisotopic (exact) mass is 196 g/mol. The van der Waals surface area contributed by atoms with Crippen molar-refractivity contribution in [3.8, 4) is 0 Å². The van der Waals surface area contributed by atoms with E-state index in [-0.39, 0.29) is 5.78 Å². The van der Waals surface area contributed by atoms with Gasteiger partial charge in [0.15, 0.2) is 5.78 Å². The largest absolute Gasteiger partial charge is 0.374 e. The molecule has 1 aromatic rings. The van der Waals surface area contributed by atoms with Crippen LogP contribution in [0.2, 0.25) is 0 Å². The summed E-state index contributed by atoms with van der Waals surface area (Å²) >= 11 is 1.53. The van der Waals surface area contributed by atoms with E-state index < -0.39 is 0 Å². The minimum absolute atomic E-state index is 0.0965. The molecule has 0 aromatic heterocycles. The van der Waals surface area contributed by atoms with Gasteiger partial charge < -0.3 is 4.74 Å². The van der Waals surface area contributed by atoms with E-state index >= 15 is 0 Å². The van der Waals surface area contributed by atoms with Gasteiger partial charge in [0.25, 0.3) is 0 Å². The molecule has 0 amide bonds. The zero-order chi connectivity index (χ0) is 9.68. The number of methoxy groups -OCH3 is 1. The maximum atomic E-state index is 11.2. The number of hydrogen-bond donors (Lipinski definition) is 0. The molecule has 0 bridgehead atoms. The number of ether oxygens (including phenoxy) is 1. The number of carbonyl (C=O) groups is 1. The molecule has 70 valence electrons. The second-order valence-corrected chi connectivity index (χ2v) is 3.57. The molecule has 0 heterocycles. The van der Waals surface area contributed by atoms with Gasteiger partial charge >= 0.3 is 0 Å². The third-order valence-electron chi connectivity index (χ3n) is 1.60. The highest BCUT2D eigenvalue weighted by Crippen LogP contribution is 2.22. The molecule has 0 aliphatic rings. The fourth-order valence-corrected chi connectivity index (χ4v) is 1.79. The highest BCUT2D eigenvalue weighted by molar-refractivity contribution is 7.99. The third-order valence-corrected chi connectivity index (χ3v) is 2.62. The first kappa shape index (κ1) is 10.3. The van der Waals surface area contributed by atoms with Crippen LogP contribution in [0.25, 0.3) is 0 Å². The summed E-state index contributed by atoms with van der Waals surface area (Å²) in [5.41, 5.74) is 0.768. The number of thioether (sulfide) groups is 1. The molecule has 0 aliphatic carbocycles. The summed E-state index contributed by atoms with van der Waals surface area (Å²) in [5.74, 6) is 0.670. The predicted octanol–water partition coefficient (Wildman–Crippen LogP) is 2.59. The van der Waals surface area contributed by atoms with Gasteiger partial charge in [-0.15, -0.1) is 0 Å². The number of ketones is 1. The van der Waals surface area contributed by atoms with Crippen LogP contribution in [0.1, 0.15) is 17.3 Å². The van der Waals surface area contributed by atoms with E-state index in [1.807, 2.05) is 24.3 Å². The van der Waals surface area contributed by atoms with Crippen molar-refractivity contribution in [3.05, 3.63) is 29.8 Å². The first-order chi connectivity index (χ1) is 6.25. The molecule has 3 heteroatoms. The Morgan fingerprint density at radius 2 is 2.15 bits per heavy atom. The van der Waals surface area contributed by atoms with Gasteiger partial charge in [-0.2, -0.15) is 0 Å². The van der Waals surface area contributed by atoms with Crippen molar-refractivity contribution in [3.63, 3.8) is 0 Å². The van der Waals surface area contributed by atoms with E-state index in [1.54, 1.807) is 14.0 Å². The van der Waals surface area contributed by atoms with E-state index in [0.29, 0.717) is 5.94 Å². The first-order valence-electron chi connectivity index (χ1n) is 3.97. The van der Waals surface area contributed by atoms with Crippen molar-refractivity contribution < 1.29 is 9.53 Å². The van der Waals surface area contributed by atoms with Crippen LogP contribution in [0.15, 0.2) is 29.2 Å². The molecule has 0 saturated carbocycles. The Hall–Kier alpha value is -0.800. The second-order valence-electron chi connectivity index (χ2n) is 2.60. The molecule has 0 N–H and O–H groups in total. The van der Waals surface area contributed by atoms with Crippen LogP contribution < -0.4 is 0 Å². The van der Waals surface area contributed by atoms with Gasteiger partial charge in [0.1, 0.15) is 0 Å². The van der Waals surface area contributed by atoms with Gasteiger partial charge in [-0.3, -0.25) is 4.79 Å². The topological polar surface area (TPSA) is 26.3 Å². The maximum Gasteiger partial charge on any atom is 0.160 e. The van der Waals surface area contributed by atoms with Crippen LogP contribution in [-0.4, -0.2) is 18.8 Å². The second kappa shape index (κ2) is 5.04. The molecule has 0 unspecified atom stereocenters. The van der Waals surface area contributed by atoms with Crippen LogP contribution in [-0.2, 0) is 4.74 Å². The lowest BCUT2D eigenvalue weighted by atomic mass is 10.1. The Morgan fingerprint density at radius 1 is 1.46 bits per heavy atom. The lowest BCUT2D eigenvalue weighted by Gasteiger charge is -2.04. The molecule has 13 heavy (non-hydrogen) atoms. The normalized spacial score (nSPS) is 10.0. The highest BCUT2D eigenvalue weighted by atomic mass is 32.2. The van der Waals surface area contributed by atoms with Crippen molar-refractivity contribution in [1.82, 2.24) is 0 Å². The van der Waals surface area contributed by atoms with Crippen LogP contribution >= 0.6 is 11.8 Å². The van der Waals surface area contributed by atoms with E-state index in [0.717, 1.165) is 10.5 Å². The summed E-state index contributed by atoms with van der Waals surface area (Å²) in [7, 11) is 1.64. The van der Waals surface area contributed by atoms with Crippen molar-refractivity contribution in [1.29, 1.82) is 0 Å². The zero-order valence-corrected chi connectivity index (χ0v) is 8.56. The van der Waals surface area contributed by atoms with Crippen LogP contribution in [0.3, 0.4) is 0 Å². The number of Topliss-reactive ketones (excluding diaryl/α,β-unsaturated/α-hetero) is 1. The number of carbonyl (C=O) groups excluding carboxylic acids is 1. The summed E-state index contributed by atoms with van der Waals surface area (Å²) in [4.78, 5) is 12.2. The van der Waals surface area contributed by atoms with Gasteiger partial charge in [0, 0.05) is 17.6 Å². The number of benzene rings is 1. The summed E-state index contributed by atoms with van der Waals surface area (Å²) in [5, 5.41) is 0. The molecule has 2 nitrogen and oxygen atoms in total. The van der Waals surface area contributed by atoms with E-state index in [9.17, 15) is 4.79 Å². The molecule has 0 radical (unpaired) electrons. The molecule has 0 aliphatic heterocycles. The van der Waals surface area contributed by atoms with Crippen molar-refractivity contribution in [2.24, 2.45) is 0 Å². The molecule has 0 atom stereocenters. The lowest BCUT2D eigenvalue weighted by molar-refractivity contribution is 0.101. The molecule has 1 aromatic carbocycles. The van der Waals surface area contributed by atoms with Crippen LogP contribution in [0, 0.1) is 0 Å². The van der Waals surface area contributed by atoms with E-state index in [4.69, 9.17) is 4.74 Å². The SMILES string of the molecule is COCSc1ccccc1C(C)=O. The highest BCUT2D eigenvalue weighted by Gasteiger charge is 2.05. The van der Waals surface area contributed by atoms with Crippen LogP contribution in [0.5, 0.6) is 0 Å². The summed E-state index contributed by atoms with van der Waals surface area (Å²) < 4.78 is 4.93. The molecular weight excluding hydrogens is 184 g/mol. The van der Waals surface area contributed by atoms with Crippen LogP contribution in [0.4, 0.5) is 0 Å². The van der Waals surface area contributed by atoms with Gasteiger partial charge in [0.05, 0.1) is 5.94 Å². The average Bonchev–Trinajstić information content (AvgIpc) is 2.15. The van der Waals surface area contributed by atoms with Crippen molar-refractivity contribution in [2.45, 2.75) is 11.8 Å². The Balaban J connectivity index is 2.84. The number of hydrogen-bond acceptors (Lipinski definition) is 3. The Labute approximate surface area is 82.3 Å². The zero-order valence-electron chi connectivity index (χ0n) is 7.74. The minimum Gasteiger partial charge on any atom is -0.374 e. The van der Waals surface area contributed by atoms with Gasteiger partial charge in [0.2, 0.25) is 0 Å². The minimum atomic E-state index is 0.0965. The summed E-state index contributed by atoms with van der Waals surface area (Å²) in [6.07, 6.45) is 0. The Morgan fingerprint density at radius 3 is 2.77 bits per heavy atom. The predicted molar refractivity (Wildman–Crippen MR) is 54.2 cm³/mol. The molecule has 0 saturated heterocycles. The standard InChI is InChI=1S/C10H12O2S/c1-8(11)9-5-3-4-6-10(9)13-7-12-2/h3-6H,7H2,1-2H3. The summed E-state index contributed by atoms with van der Waals surface area (Å²) in [6, 6.07) is 7.55. The molecule has 0 spiro atoms. The average molecular weight is 196 g/mol. The van der Waals surface area contributed by atoms with E-state index in [1.165, 1.54) is 11.8 Å². The van der Waals surface area contributed by atoms with Crippen molar-refractivity contribution in [2.75, 3.05) is 13.0 Å².